The van der Waals surface area contributed by atoms with Crippen molar-refractivity contribution in [3.05, 3.63) is 24.3 Å². The monoisotopic (exact) mass is 312 g/mol. The average Bonchev–Trinajstić information content (AvgIpc) is 3.29. The molecule has 1 aromatic carbocycles. The van der Waals surface area contributed by atoms with E-state index in [-0.39, 0.29) is 23.1 Å². The molecule has 3 N–H and O–H groups in total. The number of sulfonamides is 1. The molecule has 0 heterocycles. The van der Waals surface area contributed by atoms with Crippen molar-refractivity contribution >= 4 is 15.7 Å². The Kier molecular flexibility index (Phi) is 4.91. The lowest BCUT2D eigenvalue weighted by Gasteiger charge is -2.32. The minimum atomic E-state index is -3.40. The zero-order chi connectivity index (χ0) is 15.5. The molecule has 0 radical (unpaired) electrons. The molecule has 1 aliphatic carbocycles. The van der Waals surface area contributed by atoms with Crippen LogP contribution < -0.4 is 10.0 Å². The van der Waals surface area contributed by atoms with Crippen molar-refractivity contribution in [2.75, 3.05) is 11.9 Å². The summed E-state index contributed by atoms with van der Waals surface area (Å²) in [5.74, 6) is 0. The Balaban J connectivity index is 2.11. The molecule has 0 spiro atoms. The summed E-state index contributed by atoms with van der Waals surface area (Å²) >= 11 is 0. The van der Waals surface area contributed by atoms with Crippen LogP contribution in [-0.4, -0.2) is 31.7 Å². The summed E-state index contributed by atoms with van der Waals surface area (Å²) in [6.07, 6.45) is 3.43. The molecule has 0 aliphatic heterocycles. The summed E-state index contributed by atoms with van der Waals surface area (Å²) in [6, 6.07) is 6.80. The Labute approximate surface area is 126 Å². The van der Waals surface area contributed by atoms with Crippen LogP contribution in [-0.2, 0) is 10.0 Å². The Morgan fingerprint density at radius 2 is 1.76 bits per heavy atom. The highest BCUT2D eigenvalue weighted by Gasteiger charge is 2.28. The number of rotatable bonds is 8. The van der Waals surface area contributed by atoms with Crippen molar-refractivity contribution in [1.29, 1.82) is 0 Å². The van der Waals surface area contributed by atoms with E-state index in [1.165, 1.54) is 0 Å². The minimum absolute atomic E-state index is 0.0449. The predicted octanol–water partition coefficient (Wildman–Crippen LogP) is 2.09. The van der Waals surface area contributed by atoms with E-state index in [9.17, 15) is 13.5 Å². The molecule has 1 aliphatic rings. The van der Waals surface area contributed by atoms with Gasteiger partial charge in [-0.1, -0.05) is 13.8 Å². The third-order valence-corrected chi connectivity index (χ3v) is 5.67. The molecule has 6 heteroatoms. The molecule has 118 valence electrons. The van der Waals surface area contributed by atoms with E-state index in [4.69, 9.17) is 0 Å². The van der Waals surface area contributed by atoms with Crippen LogP contribution in [0.1, 0.15) is 39.5 Å². The first-order valence-corrected chi connectivity index (χ1v) is 8.94. The molecule has 0 saturated heterocycles. The fraction of sp³-hybridized carbons (Fsp3) is 0.600. The number of hydrogen-bond acceptors (Lipinski definition) is 4. The summed E-state index contributed by atoms with van der Waals surface area (Å²) in [7, 11) is -3.40. The Bertz CT molecular complexity index is 553. The molecule has 1 aromatic rings. The molecule has 0 aromatic heterocycles. The van der Waals surface area contributed by atoms with Gasteiger partial charge < -0.3 is 10.4 Å². The van der Waals surface area contributed by atoms with E-state index in [1.54, 1.807) is 24.3 Å². The van der Waals surface area contributed by atoms with Gasteiger partial charge in [-0.3, -0.25) is 0 Å². The van der Waals surface area contributed by atoms with E-state index in [1.807, 2.05) is 13.8 Å². The van der Waals surface area contributed by atoms with Crippen molar-refractivity contribution < 1.29 is 13.5 Å². The molecule has 0 bridgehead atoms. The molecular formula is C15H24N2O3S. The van der Waals surface area contributed by atoms with Crippen LogP contribution in [0.4, 0.5) is 5.69 Å². The first-order valence-electron chi connectivity index (χ1n) is 7.46. The van der Waals surface area contributed by atoms with Gasteiger partial charge in [0.1, 0.15) is 0 Å². The average molecular weight is 312 g/mol. The van der Waals surface area contributed by atoms with Gasteiger partial charge in [-0.05, 0) is 49.9 Å². The molecule has 0 unspecified atom stereocenters. The van der Waals surface area contributed by atoms with Gasteiger partial charge in [0.2, 0.25) is 10.0 Å². The molecule has 0 amide bonds. The summed E-state index contributed by atoms with van der Waals surface area (Å²) in [4.78, 5) is 0.280. The molecule has 2 rings (SSSR count). The normalized spacial score (nSPS) is 16.0. The largest absolute Gasteiger partial charge is 0.394 e. The molecule has 21 heavy (non-hydrogen) atoms. The van der Waals surface area contributed by atoms with Gasteiger partial charge in [-0.25, -0.2) is 13.1 Å². The third-order valence-electron chi connectivity index (χ3n) is 4.13. The van der Waals surface area contributed by atoms with Gasteiger partial charge in [0, 0.05) is 11.7 Å². The maximum absolute atomic E-state index is 12.1. The van der Waals surface area contributed by atoms with Crippen LogP contribution in [0.15, 0.2) is 29.2 Å². The maximum atomic E-state index is 12.1. The Morgan fingerprint density at radius 3 is 2.19 bits per heavy atom. The van der Waals surface area contributed by atoms with Gasteiger partial charge in [-0.15, -0.1) is 0 Å². The third kappa shape index (κ3) is 3.96. The quantitative estimate of drug-likeness (QED) is 0.687. The second-order valence-electron chi connectivity index (χ2n) is 5.69. The number of hydrogen-bond donors (Lipinski definition) is 3. The van der Waals surface area contributed by atoms with E-state index >= 15 is 0 Å². The molecule has 1 fully saturated rings. The lowest BCUT2D eigenvalue weighted by Crippen LogP contribution is -2.40. The molecular weight excluding hydrogens is 288 g/mol. The highest BCUT2D eigenvalue weighted by atomic mass is 32.2. The summed E-state index contributed by atoms with van der Waals surface area (Å²) in [5.41, 5.74) is 0.463. The van der Waals surface area contributed by atoms with Crippen molar-refractivity contribution in [2.24, 2.45) is 0 Å². The number of benzene rings is 1. The number of aliphatic hydroxyl groups is 1. The summed E-state index contributed by atoms with van der Waals surface area (Å²) in [6.45, 7) is 4.08. The Morgan fingerprint density at radius 1 is 1.19 bits per heavy atom. The smallest absolute Gasteiger partial charge is 0.240 e. The fourth-order valence-corrected chi connectivity index (χ4v) is 3.51. The van der Waals surface area contributed by atoms with Crippen molar-refractivity contribution in [1.82, 2.24) is 4.72 Å². The zero-order valence-electron chi connectivity index (χ0n) is 12.6. The highest BCUT2D eigenvalue weighted by molar-refractivity contribution is 7.89. The molecule has 5 nitrogen and oxygen atoms in total. The van der Waals surface area contributed by atoms with Gasteiger partial charge in [-0.2, -0.15) is 0 Å². The van der Waals surface area contributed by atoms with Crippen LogP contribution in [0.3, 0.4) is 0 Å². The summed E-state index contributed by atoms with van der Waals surface area (Å²) in [5, 5.41) is 12.9. The standard InChI is InChI=1S/C15H24N2O3S/c1-3-15(4-2,11-18)16-12-7-9-14(10-8-12)21(19,20)17-13-5-6-13/h7-10,13,16-18H,3-6,11H2,1-2H3. The number of aliphatic hydroxyl groups excluding tert-OH is 1. The van der Waals surface area contributed by atoms with Gasteiger partial charge in [0.05, 0.1) is 17.0 Å². The van der Waals surface area contributed by atoms with E-state index < -0.39 is 10.0 Å². The van der Waals surface area contributed by atoms with Crippen molar-refractivity contribution in [3.63, 3.8) is 0 Å². The van der Waals surface area contributed by atoms with Crippen molar-refractivity contribution in [3.8, 4) is 0 Å². The van der Waals surface area contributed by atoms with E-state index in [0.29, 0.717) is 0 Å². The first-order chi connectivity index (χ1) is 9.94. The van der Waals surface area contributed by atoms with Crippen molar-refractivity contribution in [2.45, 2.75) is 56.0 Å². The lowest BCUT2D eigenvalue weighted by atomic mass is 9.93. The highest BCUT2D eigenvalue weighted by Crippen LogP contribution is 2.25. The van der Waals surface area contributed by atoms with Crippen LogP contribution >= 0.6 is 0 Å². The first kappa shape index (κ1) is 16.3. The second-order valence-corrected chi connectivity index (χ2v) is 7.40. The van der Waals surface area contributed by atoms with Crippen LogP contribution in [0.25, 0.3) is 0 Å². The van der Waals surface area contributed by atoms with Crippen LogP contribution in [0, 0.1) is 0 Å². The fourth-order valence-electron chi connectivity index (χ4n) is 2.20. The number of nitrogens with one attached hydrogen (secondary N) is 2. The topological polar surface area (TPSA) is 78.4 Å². The Hall–Kier alpha value is -1.11. The van der Waals surface area contributed by atoms with E-state index in [2.05, 4.69) is 10.0 Å². The van der Waals surface area contributed by atoms with Crippen LogP contribution in [0.5, 0.6) is 0 Å². The summed E-state index contributed by atoms with van der Waals surface area (Å²) < 4.78 is 26.8. The van der Waals surface area contributed by atoms with Crippen LogP contribution in [0.2, 0.25) is 0 Å². The second kappa shape index (κ2) is 6.34. The van der Waals surface area contributed by atoms with Gasteiger partial charge >= 0.3 is 0 Å². The maximum Gasteiger partial charge on any atom is 0.240 e. The van der Waals surface area contributed by atoms with Gasteiger partial charge in [0.15, 0.2) is 0 Å². The number of anilines is 1. The predicted molar refractivity (Wildman–Crippen MR) is 83.8 cm³/mol. The zero-order valence-corrected chi connectivity index (χ0v) is 13.4. The SMILES string of the molecule is CCC(CC)(CO)Nc1ccc(S(=O)(=O)NC2CC2)cc1. The van der Waals surface area contributed by atoms with Gasteiger partial charge in [0.25, 0.3) is 0 Å². The van der Waals surface area contributed by atoms with E-state index in [0.717, 1.165) is 31.4 Å². The molecule has 0 atom stereocenters. The minimum Gasteiger partial charge on any atom is -0.394 e. The lowest BCUT2D eigenvalue weighted by molar-refractivity contribution is 0.202. The molecule has 1 saturated carbocycles.